The van der Waals surface area contributed by atoms with Gasteiger partial charge in [0.2, 0.25) is 5.91 Å². The van der Waals surface area contributed by atoms with Crippen molar-refractivity contribution in [2.24, 2.45) is 0 Å². The summed E-state index contributed by atoms with van der Waals surface area (Å²) in [5, 5.41) is 2.96. The number of rotatable bonds is 4. The second-order valence-electron chi connectivity index (χ2n) is 5.26. The van der Waals surface area contributed by atoms with Gasteiger partial charge in [-0.25, -0.2) is 9.37 Å². The molecule has 3 rings (SSSR count). The van der Waals surface area contributed by atoms with Crippen molar-refractivity contribution in [1.82, 2.24) is 4.98 Å². The van der Waals surface area contributed by atoms with E-state index in [0.29, 0.717) is 6.54 Å². The zero-order valence-corrected chi connectivity index (χ0v) is 13.9. The molecule has 1 unspecified atom stereocenters. The van der Waals surface area contributed by atoms with E-state index >= 15 is 0 Å². The maximum Gasteiger partial charge on any atom is 0.240 e. The quantitative estimate of drug-likeness (QED) is 0.845. The fraction of sp³-hybridized carbons (Fsp3) is 0.375. The second kappa shape index (κ2) is 6.79. The number of carbonyl (C=O) groups is 1. The molecule has 0 saturated carbocycles. The van der Waals surface area contributed by atoms with Crippen molar-refractivity contribution in [3.05, 3.63) is 46.2 Å². The molecule has 1 amide bonds. The van der Waals surface area contributed by atoms with E-state index in [2.05, 4.69) is 4.98 Å². The summed E-state index contributed by atoms with van der Waals surface area (Å²) in [6.07, 6.45) is 1.99. The minimum absolute atomic E-state index is 0.00443. The Kier molecular flexibility index (Phi) is 4.78. The van der Waals surface area contributed by atoms with Crippen LogP contribution in [0.25, 0.3) is 0 Å². The molecule has 1 saturated heterocycles. The topological polar surface area (TPSA) is 33.2 Å². The molecule has 3 nitrogen and oxygen atoms in total. The molecular weight excluding hydrogens is 319 g/mol. The lowest BCUT2D eigenvalue weighted by Crippen LogP contribution is -2.36. The highest BCUT2D eigenvalue weighted by atomic mass is 32.2. The summed E-state index contributed by atoms with van der Waals surface area (Å²) in [5.74, 6) is 0.833. The van der Waals surface area contributed by atoms with Crippen LogP contribution >= 0.6 is 23.1 Å². The van der Waals surface area contributed by atoms with E-state index in [1.165, 1.54) is 12.1 Å². The van der Waals surface area contributed by atoms with E-state index in [1.54, 1.807) is 40.1 Å². The predicted molar refractivity (Wildman–Crippen MR) is 89.9 cm³/mol. The first-order chi connectivity index (χ1) is 10.6. The van der Waals surface area contributed by atoms with Gasteiger partial charge in [0.05, 0.1) is 22.5 Å². The van der Waals surface area contributed by atoms with E-state index in [4.69, 9.17) is 0 Å². The molecule has 22 heavy (non-hydrogen) atoms. The lowest BCUT2D eigenvalue weighted by Gasteiger charge is -2.24. The van der Waals surface area contributed by atoms with Gasteiger partial charge in [-0.1, -0.05) is 0 Å². The fourth-order valence-corrected chi connectivity index (χ4v) is 4.33. The summed E-state index contributed by atoms with van der Waals surface area (Å²) in [5.41, 5.74) is 1.60. The number of benzene rings is 1. The van der Waals surface area contributed by atoms with Gasteiger partial charge in [0.1, 0.15) is 5.82 Å². The number of amides is 1. The van der Waals surface area contributed by atoms with Gasteiger partial charge < -0.3 is 4.90 Å². The number of hydrogen-bond donors (Lipinski definition) is 0. The third kappa shape index (κ3) is 3.50. The third-order valence-corrected chi connectivity index (χ3v) is 5.78. The number of hydrogen-bond acceptors (Lipinski definition) is 4. The first-order valence-electron chi connectivity index (χ1n) is 7.23. The number of aromatic nitrogens is 1. The van der Waals surface area contributed by atoms with Crippen LogP contribution in [0, 0.1) is 12.7 Å². The molecule has 0 bridgehead atoms. The van der Waals surface area contributed by atoms with Crippen molar-refractivity contribution >= 4 is 34.7 Å². The molecule has 2 aromatic rings. The molecule has 0 radical (unpaired) electrons. The molecule has 2 heterocycles. The van der Waals surface area contributed by atoms with Crippen LogP contribution in [0.2, 0.25) is 0 Å². The zero-order valence-electron chi connectivity index (χ0n) is 12.3. The van der Waals surface area contributed by atoms with Gasteiger partial charge in [-0.05, 0) is 49.8 Å². The highest BCUT2D eigenvalue weighted by Gasteiger charge is 2.29. The zero-order chi connectivity index (χ0) is 15.5. The summed E-state index contributed by atoms with van der Waals surface area (Å²) in [7, 11) is 0. The van der Waals surface area contributed by atoms with Crippen molar-refractivity contribution in [2.45, 2.75) is 31.6 Å². The average Bonchev–Trinajstić information content (AvgIpc) is 3.17. The van der Waals surface area contributed by atoms with E-state index in [9.17, 15) is 9.18 Å². The van der Waals surface area contributed by atoms with E-state index < -0.39 is 0 Å². The van der Waals surface area contributed by atoms with Crippen LogP contribution in [0.3, 0.4) is 0 Å². The molecule has 1 fully saturated rings. The first-order valence-corrected chi connectivity index (χ1v) is 9.16. The maximum absolute atomic E-state index is 13.2. The van der Waals surface area contributed by atoms with Gasteiger partial charge in [0.25, 0.3) is 0 Å². The number of anilines is 1. The van der Waals surface area contributed by atoms with Crippen LogP contribution in [0.15, 0.2) is 29.6 Å². The fourth-order valence-electron chi connectivity index (χ4n) is 2.51. The molecule has 0 N–H and O–H groups in total. The van der Waals surface area contributed by atoms with Crippen molar-refractivity contribution in [2.75, 3.05) is 10.7 Å². The normalized spacial score (nSPS) is 17.6. The Labute approximate surface area is 137 Å². The van der Waals surface area contributed by atoms with Crippen molar-refractivity contribution in [3.8, 4) is 0 Å². The molecule has 6 heteroatoms. The average molecular weight is 336 g/mol. The van der Waals surface area contributed by atoms with Crippen LogP contribution in [0.1, 0.15) is 23.5 Å². The molecule has 116 valence electrons. The van der Waals surface area contributed by atoms with Gasteiger partial charge >= 0.3 is 0 Å². The highest BCUT2D eigenvalue weighted by molar-refractivity contribution is 8.00. The molecule has 1 aromatic carbocycles. The van der Waals surface area contributed by atoms with Crippen LogP contribution in [0.5, 0.6) is 0 Å². The Hall–Kier alpha value is -1.40. The predicted octanol–water partition coefficient (Wildman–Crippen LogP) is 4.02. The van der Waals surface area contributed by atoms with E-state index in [0.717, 1.165) is 35.0 Å². The van der Waals surface area contributed by atoms with Crippen LogP contribution < -0.4 is 4.90 Å². The highest BCUT2D eigenvalue weighted by Crippen LogP contribution is 2.30. The summed E-state index contributed by atoms with van der Waals surface area (Å²) in [6, 6.07) is 6.10. The Bertz CT molecular complexity index is 650. The van der Waals surface area contributed by atoms with Gasteiger partial charge in [-0.15, -0.1) is 23.1 Å². The molecular formula is C16H17FN2OS2. The Balaban J connectivity index is 1.86. The van der Waals surface area contributed by atoms with Gasteiger partial charge in [0.15, 0.2) is 0 Å². The van der Waals surface area contributed by atoms with Gasteiger partial charge in [-0.3, -0.25) is 4.79 Å². The Morgan fingerprint density at radius 3 is 2.77 bits per heavy atom. The molecule has 1 aliphatic heterocycles. The van der Waals surface area contributed by atoms with Crippen molar-refractivity contribution < 1.29 is 9.18 Å². The van der Waals surface area contributed by atoms with E-state index in [-0.39, 0.29) is 17.0 Å². The largest absolute Gasteiger partial charge is 0.305 e. The number of aryl methyl sites for hydroxylation is 1. The minimum atomic E-state index is -0.295. The summed E-state index contributed by atoms with van der Waals surface area (Å²) < 4.78 is 13.2. The van der Waals surface area contributed by atoms with Crippen LogP contribution in [-0.2, 0) is 11.3 Å². The number of nitrogens with zero attached hydrogens (tertiary/aromatic N) is 2. The summed E-state index contributed by atoms with van der Waals surface area (Å²) in [6.45, 7) is 2.39. The van der Waals surface area contributed by atoms with Gasteiger partial charge in [0, 0.05) is 11.1 Å². The SMILES string of the molecule is Cc1nc(CN(C(=O)C2CCCS2)c2ccc(F)cc2)cs1. The second-order valence-corrected chi connectivity index (χ2v) is 7.63. The maximum atomic E-state index is 13.2. The first kappa shape index (κ1) is 15.5. The number of thioether (sulfide) groups is 1. The summed E-state index contributed by atoms with van der Waals surface area (Å²) >= 11 is 3.28. The molecule has 0 aliphatic carbocycles. The van der Waals surface area contributed by atoms with Crippen LogP contribution in [-0.4, -0.2) is 21.9 Å². The molecule has 1 aliphatic rings. The number of thiazole rings is 1. The van der Waals surface area contributed by atoms with E-state index in [1.807, 2.05) is 12.3 Å². The smallest absolute Gasteiger partial charge is 0.240 e. The third-order valence-electron chi connectivity index (χ3n) is 3.60. The molecule has 1 atom stereocenters. The molecule has 1 aromatic heterocycles. The summed E-state index contributed by atoms with van der Waals surface area (Å²) in [4.78, 5) is 19.0. The standard InChI is InChI=1S/C16H17FN2OS2/c1-11-18-13(10-22-11)9-19(14-6-4-12(17)5-7-14)16(20)15-3-2-8-21-15/h4-7,10,15H,2-3,8-9H2,1H3. The van der Waals surface area contributed by atoms with Crippen LogP contribution in [0.4, 0.5) is 10.1 Å². The number of halogens is 1. The minimum Gasteiger partial charge on any atom is -0.305 e. The Morgan fingerprint density at radius 1 is 1.41 bits per heavy atom. The Morgan fingerprint density at radius 2 is 2.18 bits per heavy atom. The van der Waals surface area contributed by atoms with Crippen molar-refractivity contribution in [3.63, 3.8) is 0 Å². The number of carbonyl (C=O) groups excluding carboxylic acids is 1. The lowest BCUT2D eigenvalue weighted by atomic mass is 10.2. The van der Waals surface area contributed by atoms with Crippen molar-refractivity contribution in [1.29, 1.82) is 0 Å². The van der Waals surface area contributed by atoms with Gasteiger partial charge in [-0.2, -0.15) is 0 Å². The monoisotopic (exact) mass is 336 g/mol. The molecule has 0 spiro atoms. The lowest BCUT2D eigenvalue weighted by molar-refractivity contribution is -0.118.